The lowest BCUT2D eigenvalue weighted by Crippen LogP contribution is -2.12. The highest BCUT2D eigenvalue weighted by atomic mass is 19.1. The molecule has 12 heavy (non-hydrogen) atoms. The van der Waals surface area contributed by atoms with Gasteiger partial charge in [-0.15, -0.1) is 0 Å². The van der Waals surface area contributed by atoms with Crippen molar-refractivity contribution in [2.45, 2.75) is 19.4 Å². The van der Waals surface area contributed by atoms with Crippen LogP contribution in [-0.2, 0) is 0 Å². The zero-order chi connectivity index (χ0) is 9.14. The van der Waals surface area contributed by atoms with Crippen LogP contribution in [0.15, 0.2) is 12.3 Å². The van der Waals surface area contributed by atoms with E-state index in [0.29, 0.717) is 6.42 Å². The van der Waals surface area contributed by atoms with Gasteiger partial charge in [0, 0.05) is 12.1 Å². The van der Waals surface area contributed by atoms with Gasteiger partial charge in [0.2, 0.25) is 0 Å². The highest BCUT2D eigenvalue weighted by molar-refractivity contribution is 5.11. The molecule has 0 saturated carbocycles. The highest BCUT2D eigenvalue weighted by Crippen LogP contribution is 2.14. The quantitative estimate of drug-likeness (QED) is 0.738. The lowest BCUT2D eigenvalue weighted by Gasteiger charge is -2.07. The monoisotopic (exact) mass is 172 g/mol. The van der Waals surface area contributed by atoms with Crippen LogP contribution in [-0.4, -0.2) is 4.98 Å². The number of aromatic nitrogens is 1. The largest absolute Gasteiger partial charge is 0.323 e. The summed E-state index contributed by atoms with van der Waals surface area (Å²) >= 11 is 0. The van der Waals surface area contributed by atoms with Crippen molar-refractivity contribution >= 4 is 0 Å². The summed E-state index contributed by atoms with van der Waals surface area (Å²) in [7, 11) is 0. The Kier molecular flexibility index (Phi) is 2.70. The summed E-state index contributed by atoms with van der Waals surface area (Å²) in [4.78, 5) is 3.57. The van der Waals surface area contributed by atoms with Crippen molar-refractivity contribution in [1.29, 1.82) is 0 Å². The number of hydrogen-bond donors (Lipinski definition) is 1. The Balaban J connectivity index is 3.01. The van der Waals surface area contributed by atoms with Crippen LogP contribution in [0.25, 0.3) is 0 Å². The molecule has 66 valence electrons. The van der Waals surface area contributed by atoms with Crippen LogP contribution < -0.4 is 5.73 Å². The molecular formula is C8H10F2N2. The molecule has 2 nitrogen and oxygen atoms in total. The minimum absolute atomic E-state index is 0.124. The molecule has 0 fully saturated rings. The molecule has 1 aromatic rings. The molecule has 1 aromatic heterocycles. The Morgan fingerprint density at radius 1 is 1.58 bits per heavy atom. The van der Waals surface area contributed by atoms with E-state index >= 15 is 0 Å². The molecule has 1 atom stereocenters. The van der Waals surface area contributed by atoms with E-state index in [0.717, 1.165) is 12.3 Å². The predicted molar refractivity (Wildman–Crippen MR) is 41.4 cm³/mol. The lowest BCUT2D eigenvalue weighted by atomic mass is 10.1. The average Bonchev–Trinajstić information content (AvgIpc) is 2.03. The van der Waals surface area contributed by atoms with Crippen LogP contribution in [0.5, 0.6) is 0 Å². The molecule has 4 heteroatoms. The number of halogens is 2. The molecule has 1 rings (SSSR count). The third-order valence-corrected chi connectivity index (χ3v) is 1.63. The first-order valence-corrected chi connectivity index (χ1v) is 3.71. The second-order valence-electron chi connectivity index (χ2n) is 2.54. The summed E-state index contributed by atoms with van der Waals surface area (Å²) in [5, 5.41) is 0. The second kappa shape index (κ2) is 3.58. The van der Waals surface area contributed by atoms with Crippen LogP contribution in [0.3, 0.4) is 0 Å². The first kappa shape index (κ1) is 9.06. The van der Waals surface area contributed by atoms with Crippen LogP contribution in [0.4, 0.5) is 8.78 Å². The van der Waals surface area contributed by atoms with Crippen molar-refractivity contribution in [2.75, 3.05) is 0 Å². The summed E-state index contributed by atoms with van der Waals surface area (Å²) in [6, 6.07) is 0.336. The van der Waals surface area contributed by atoms with Gasteiger partial charge in [-0.1, -0.05) is 6.92 Å². The number of nitrogens with two attached hydrogens (primary N) is 1. The maximum atomic E-state index is 12.9. The standard InChI is InChI=1S/C8H10F2N2/c1-2-7(11)8-6(10)3-5(9)4-12-8/h3-4,7H,2,11H2,1H3/t7-/m0/s1. The fourth-order valence-electron chi connectivity index (χ4n) is 0.891. The molecule has 0 aromatic carbocycles. The maximum Gasteiger partial charge on any atom is 0.149 e. The molecule has 0 saturated heterocycles. The smallest absolute Gasteiger partial charge is 0.149 e. The molecule has 0 aliphatic heterocycles. The van der Waals surface area contributed by atoms with Crippen molar-refractivity contribution in [3.63, 3.8) is 0 Å². The Labute approximate surface area is 69.4 Å². The maximum absolute atomic E-state index is 12.9. The molecule has 0 aliphatic carbocycles. The minimum atomic E-state index is -0.681. The molecule has 0 unspecified atom stereocenters. The minimum Gasteiger partial charge on any atom is -0.323 e. The molecule has 0 bridgehead atoms. The summed E-state index contributed by atoms with van der Waals surface area (Å²) in [5.74, 6) is -1.36. The van der Waals surface area contributed by atoms with Crippen molar-refractivity contribution in [3.05, 3.63) is 29.6 Å². The third-order valence-electron chi connectivity index (χ3n) is 1.63. The molecule has 0 amide bonds. The topological polar surface area (TPSA) is 38.9 Å². The second-order valence-corrected chi connectivity index (χ2v) is 2.54. The highest BCUT2D eigenvalue weighted by Gasteiger charge is 2.11. The van der Waals surface area contributed by atoms with Crippen molar-refractivity contribution in [3.8, 4) is 0 Å². The molecule has 2 N–H and O–H groups in total. The number of hydrogen-bond acceptors (Lipinski definition) is 2. The molecule has 0 aliphatic rings. The van der Waals surface area contributed by atoms with Crippen LogP contribution in [0, 0.1) is 11.6 Å². The Morgan fingerprint density at radius 2 is 2.25 bits per heavy atom. The van der Waals surface area contributed by atoms with E-state index in [1.807, 2.05) is 6.92 Å². The van der Waals surface area contributed by atoms with Crippen LogP contribution in [0.2, 0.25) is 0 Å². The van der Waals surface area contributed by atoms with Gasteiger partial charge in [-0.2, -0.15) is 0 Å². The molecule has 0 spiro atoms. The zero-order valence-electron chi connectivity index (χ0n) is 6.72. The fraction of sp³-hybridized carbons (Fsp3) is 0.375. The molecular weight excluding hydrogens is 162 g/mol. The summed E-state index contributed by atoms with van der Waals surface area (Å²) in [5.41, 5.74) is 5.64. The summed E-state index contributed by atoms with van der Waals surface area (Å²) < 4.78 is 25.3. The van der Waals surface area contributed by atoms with Crippen LogP contribution >= 0.6 is 0 Å². The van der Waals surface area contributed by atoms with Gasteiger partial charge in [0.15, 0.2) is 0 Å². The number of rotatable bonds is 2. The zero-order valence-corrected chi connectivity index (χ0v) is 6.72. The van der Waals surface area contributed by atoms with E-state index in [-0.39, 0.29) is 5.69 Å². The van der Waals surface area contributed by atoms with Gasteiger partial charge in [-0.05, 0) is 6.42 Å². The molecule has 1 heterocycles. The Morgan fingerprint density at radius 3 is 2.75 bits per heavy atom. The van der Waals surface area contributed by atoms with E-state index in [4.69, 9.17) is 5.73 Å². The van der Waals surface area contributed by atoms with Gasteiger partial charge in [-0.3, -0.25) is 4.98 Å². The van der Waals surface area contributed by atoms with Crippen molar-refractivity contribution in [1.82, 2.24) is 4.98 Å². The number of pyridine rings is 1. The summed E-state index contributed by atoms with van der Waals surface area (Å²) in [6.07, 6.45) is 1.55. The third kappa shape index (κ3) is 1.76. The van der Waals surface area contributed by atoms with Gasteiger partial charge in [0.05, 0.1) is 11.9 Å². The predicted octanol–water partition coefficient (Wildman–Crippen LogP) is 1.77. The van der Waals surface area contributed by atoms with Crippen LogP contribution in [0.1, 0.15) is 25.1 Å². The van der Waals surface area contributed by atoms with Gasteiger partial charge in [0.25, 0.3) is 0 Å². The van der Waals surface area contributed by atoms with Gasteiger partial charge >= 0.3 is 0 Å². The lowest BCUT2D eigenvalue weighted by molar-refractivity contribution is 0.532. The SMILES string of the molecule is CC[C@H](N)c1ncc(F)cc1F. The summed E-state index contributed by atoms with van der Waals surface area (Å²) in [6.45, 7) is 1.81. The normalized spacial score (nSPS) is 13.0. The van der Waals surface area contributed by atoms with Crippen molar-refractivity contribution < 1.29 is 8.78 Å². The van der Waals surface area contributed by atoms with Gasteiger partial charge < -0.3 is 5.73 Å². The van der Waals surface area contributed by atoms with E-state index in [9.17, 15) is 8.78 Å². The average molecular weight is 172 g/mol. The van der Waals surface area contributed by atoms with E-state index in [2.05, 4.69) is 4.98 Å². The Hall–Kier alpha value is -1.03. The fourth-order valence-corrected chi connectivity index (χ4v) is 0.891. The van der Waals surface area contributed by atoms with E-state index < -0.39 is 17.7 Å². The first-order valence-electron chi connectivity index (χ1n) is 3.71. The molecule has 0 radical (unpaired) electrons. The Bertz CT molecular complexity index is 276. The van der Waals surface area contributed by atoms with Crippen molar-refractivity contribution in [2.24, 2.45) is 5.73 Å². The van der Waals surface area contributed by atoms with E-state index in [1.165, 1.54) is 0 Å². The van der Waals surface area contributed by atoms with E-state index in [1.54, 1.807) is 0 Å². The first-order chi connectivity index (χ1) is 5.65. The number of nitrogens with zero attached hydrogens (tertiary/aromatic N) is 1. The van der Waals surface area contributed by atoms with Gasteiger partial charge in [0.1, 0.15) is 11.6 Å². The van der Waals surface area contributed by atoms with Gasteiger partial charge in [-0.25, -0.2) is 8.78 Å².